The van der Waals surface area contributed by atoms with Gasteiger partial charge >= 0.3 is 0 Å². The molecule has 0 fully saturated rings. The Morgan fingerprint density at radius 1 is 1.27 bits per heavy atom. The Hall–Kier alpha value is -1.95. The number of carbonyl (C=O) groups excluding carboxylic acids is 2. The average molecular weight is 329 g/mol. The van der Waals surface area contributed by atoms with E-state index >= 15 is 0 Å². The molecule has 0 heterocycles. The lowest BCUT2D eigenvalue weighted by molar-refractivity contribution is -0.122. The number of methoxy groups -OCH3 is 2. The van der Waals surface area contributed by atoms with Crippen LogP contribution in [0.4, 0.5) is 0 Å². The Bertz CT molecular complexity index is 561. The van der Waals surface area contributed by atoms with Crippen molar-refractivity contribution in [3.05, 3.63) is 22.7 Å². The van der Waals surface area contributed by atoms with E-state index in [4.69, 9.17) is 21.1 Å². The molecule has 0 radical (unpaired) electrons. The Morgan fingerprint density at radius 2 is 1.91 bits per heavy atom. The molecule has 6 nitrogen and oxygen atoms in total. The first-order chi connectivity index (χ1) is 10.3. The molecule has 22 heavy (non-hydrogen) atoms. The van der Waals surface area contributed by atoms with Crippen LogP contribution in [0.5, 0.6) is 11.5 Å². The summed E-state index contributed by atoms with van der Waals surface area (Å²) in [5.41, 5.74) is 0.322. The molecule has 1 aromatic carbocycles. The summed E-state index contributed by atoms with van der Waals surface area (Å²) in [7, 11) is 4.47. The first kappa shape index (κ1) is 18.1. The second kappa shape index (κ2) is 7.89. The highest BCUT2D eigenvalue weighted by Crippen LogP contribution is 2.36. The SMILES string of the molecule is COc1cc(C(=O)N(C)CC(=O)NC(C)C)cc(Cl)c1OC. The van der Waals surface area contributed by atoms with Gasteiger partial charge in [-0.15, -0.1) is 0 Å². The number of nitrogens with zero attached hydrogens (tertiary/aromatic N) is 1. The standard InChI is InChI=1S/C15H21ClN2O4/c1-9(2)17-13(19)8-18(3)15(20)10-6-11(16)14(22-5)12(7-10)21-4/h6-7,9H,8H2,1-5H3,(H,17,19). The number of likely N-dealkylation sites (N-methyl/N-ethyl adjacent to an activating group) is 1. The Balaban J connectivity index is 2.93. The molecule has 1 aromatic rings. The summed E-state index contributed by atoms with van der Waals surface area (Å²) in [5.74, 6) is 0.165. The molecule has 1 rings (SSSR count). The van der Waals surface area contributed by atoms with Crippen molar-refractivity contribution in [1.29, 1.82) is 0 Å². The van der Waals surface area contributed by atoms with Gasteiger partial charge in [-0.25, -0.2) is 0 Å². The zero-order valence-electron chi connectivity index (χ0n) is 13.4. The fourth-order valence-corrected chi connectivity index (χ4v) is 2.20. The van der Waals surface area contributed by atoms with Crippen molar-refractivity contribution in [2.45, 2.75) is 19.9 Å². The summed E-state index contributed by atoms with van der Waals surface area (Å²) in [6.45, 7) is 3.67. The molecule has 7 heteroatoms. The molecule has 0 aliphatic heterocycles. The van der Waals surface area contributed by atoms with E-state index in [-0.39, 0.29) is 29.4 Å². The summed E-state index contributed by atoms with van der Waals surface area (Å²) in [5, 5.41) is 3.00. The van der Waals surface area contributed by atoms with Crippen LogP contribution >= 0.6 is 11.6 Å². The van der Waals surface area contributed by atoms with Crippen LogP contribution in [0.2, 0.25) is 5.02 Å². The van der Waals surface area contributed by atoms with Crippen molar-refractivity contribution in [2.75, 3.05) is 27.8 Å². The predicted octanol–water partition coefficient (Wildman–Crippen LogP) is 1.95. The molecule has 1 N–H and O–H groups in total. The van der Waals surface area contributed by atoms with Crippen molar-refractivity contribution in [1.82, 2.24) is 10.2 Å². The minimum absolute atomic E-state index is 0.0199. The molecule has 0 aliphatic rings. The summed E-state index contributed by atoms with van der Waals surface area (Å²) < 4.78 is 10.3. The van der Waals surface area contributed by atoms with Crippen LogP contribution in [0.25, 0.3) is 0 Å². The smallest absolute Gasteiger partial charge is 0.254 e. The highest BCUT2D eigenvalue weighted by molar-refractivity contribution is 6.32. The number of carbonyl (C=O) groups is 2. The van der Waals surface area contributed by atoms with Crippen molar-refractivity contribution < 1.29 is 19.1 Å². The van der Waals surface area contributed by atoms with Gasteiger partial charge in [-0.3, -0.25) is 9.59 Å². The third-order valence-electron chi connectivity index (χ3n) is 2.86. The van der Waals surface area contributed by atoms with Crippen LogP contribution in [0.3, 0.4) is 0 Å². The van der Waals surface area contributed by atoms with Gasteiger partial charge in [0, 0.05) is 18.7 Å². The van der Waals surface area contributed by atoms with E-state index in [0.717, 1.165) is 0 Å². The summed E-state index contributed by atoms with van der Waals surface area (Å²) in [4.78, 5) is 25.4. The van der Waals surface area contributed by atoms with Crippen molar-refractivity contribution in [3.63, 3.8) is 0 Å². The molecule has 2 amide bonds. The van der Waals surface area contributed by atoms with Gasteiger partial charge in [-0.05, 0) is 26.0 Å². The Morgan fingerprint density at radius 3 is 2.41 bits per heavy atom. The molecule has 0 spiro atoms. The maximum Gasteiger partial charge on any atom is 0.254 e. The van der Waals surface area contributed by atoms with Gasteiger partial charge in [0.05, 0.1) is 25.8 Å². The van der Waals surface area contributed by atoms with Gasteiger partial charge in [-0.2, -0.15) is 0 Å². The van der Waals surface area contributed by atoms with Gasteiger partial charge in [0.15, 0.2) is 11.5 Å². The number of hydrogen-bond donors (Lipinski definition) is 1. The number of hydrogen-bond acceptors (Lipinski definition) is 4. The number of amides is 2. The average Bonchev–Trinajstić information content (AvgIpc) is 2.44. The van der Waals surface area contributed by atoms with E-state index in [9.17, 15) is 9.59 Å². The third-order valence-corrected chi connectivity index (χ3v) is 3.14. The van der Waals surface area contributed by atoms with E-state index in [1.807, 2.05) is 13.8 Å². The normalized spacial score (nSPS) is 10.3. The van der Waals surface area contributed by atoms with Gasteiger partial charge in [-0.1, -0.05) is 11.6 Å². The fraction of sp³-hybridized carbons (Fsp3) is 0.467. The summed E-state index contributed by atoms with van der Waals surface area (Å²) >= 11 is 6.08. The highest BCUT2D eigenvalue weighted by atomic mass is 35.5. The predicted molar refractivity (Wildman–Crippen MR) is 84.8 cm³/mol. The molecule has 0 aromatic heterocycles. The lowest BCUT2D eigenvalue weighted by Crippen LogP contribution is -2.40. The minimum Gasteiger partial charge on any atom is -0.493 e. The zero-order valence-corrected chi connectivity index (χ0v) is 14.2. The van der Waals surface area contributed by atoms with E-state index in [1.54, 1.807) is 7.05 Å². The lowest BCUT2D eigenvalue weighted by Gasteiger charge is -2.19. The van der Waals surface area contributed by atoms with Gasteiger partial charge in [0.1, 0.15) is 0 Å². The molecule has 0 bridgehead atoms. The largest absolute Gasteiger partial charge is 0.493 e. The first-order valence-corrected chi connectivity index (χ1v) is 7.14. The fourth-order valence-electron chi connectivity index (χ4n) is 1.92. The number of ether oxygens (including phenoxy) is 2. The second-order valence-corrected chi connectivity index (χ2v) is 5.48. The summed E-state index contributed by atoms with van der Waals surface area (Å²) in [6, 6.07) is 3.04. The maximum absolute atomic E-state index is 12.4. The van der Waals surface area contributed by atoms with Crippen molar-refractivity contribution in [2.24, 2.45) is 0 Å². The number of nitrogens with one attached hydrogen (secondary N) is 1. The van der Waals surface area contributed by atoms with E-state index < -0.39 is 0 Å². The van der Waals surface area contributed by atoms with Crippen LogP contribution in [0, 0.1) is 0 Å². The molecule has 0 saturated heterocycles. The third kappa shape index (κ3) is 4.53. The van der Waals surface area contributed by atoms with Gasteiger partial charge in [0.2, 0.25) is 5.91 Å². The van der Waals surface area contributed by atoms with Gasteiger partial charge in [0.25, 0.3) is 5.91 Å². The topological polar surface area (TPSA) is 67.9 Å². The maximum atomic E-state index is 12.4. The Kier molecular flexibility index (Phi) is 6.49. The van der Waals surface area contributed by atoms with Gasteiger partial charge < -0.3 is 19.7 Å². The van der Waals surface area contributed by atoms with E-state index in [1.165, 1.54) is 31.3 Å². The molecular weight excluding hydrogens is 308 g/mol. The number of benzene rings is 1. The second-order valence-electron chi connectivity index (χ2n) is 5.08. The zero-order chi connectivity index (χ0) is 16.9. The summed E-state index contributed by atoms with van der Waals surface area (Å²) in [6.07, 6.45) is 0. The minimum atomic E-state index is -0.332. The lowest BCUT2D eigenvalue weighted by atomic mass is 10.1. The van der Waals surface area contributed by atoms with Crippen LogP contribution in [-0.2, 0) is 4.79 Å². The van der Waals surface area contributed by atoms with E-state index in [0.29, 0.717) is 17.1 Å². The molecule has 0 atom stereocenters. The first-order valence-electron chi connectivity index (χ1n) is 6.76. The highest BCUT2D eigenvalue weighted by Gasteiger charge is 2.19. The quantitative estimate of drug-likeness (QED) is 0.866. The molecule has 0 saturated carbocycles. The molecule has 122 valence electrons. The molecular formula is C15H21ClN2O4. The van der Waals surface area contributed by atoms with Crippen LogP contribution in [-0.4, -0.2) is 50.6 Å². The number of halogens is 1. The van der Waals surface area contributed by atoms with Crippen molar-refractivity contribution >= 4 is 23.4 Å². The van der Waals surface area contributed by atoms with Crippen molar-refractivity contribution in [3.8, 4) is 11.5 Å². The molecule has 0 aliphatic carbocycles. The molecule has 0 unspecified atom stereocenters. The number of rotatable bonds is 6. The monoisotopic (exact) mass is 328 g/mol. The van der Waals surface area contributed by atoms with Crippen LogP contribution < -0.4 is 14.8 Å². The Labute approximate surface area is 135 Å². The van der Waals surface area contributed by atoms with Crippen LogP contribution in [0.1, 0.15) is 24.2 Å². The van der Waals surface area contributed by atoms with E-state index in [2.05, 4.69) is 5.32 Å². The van der Waals surface area contributed by atoms with Crippen LogP contribution in [0.15, 0.2) is 12.1 Å².